The standard InChI is InChI=1S/C20H25FN2O4S/c1-3-26-19-10-9-16(15-20(19)27-4-2)28(24,25)23-13-11-22(12-14-23)18-8-6-5-7-17(18)21/h5-10,15H,3-4,11-14H2,1-2H3. The molecular weight excluding hydrogens is 383 g/mol. The Balaban J connectivity index is 1.77. The molecule has 0 N–H and O–H groups in total. The Labute approximate surface area is 165 Å². The Morgan fingerprint density at radius 3 is 2.21 bits per heavy atom. The number of halogens is 1. The van der Waals surface area contributed by atoms with Gasteiger partial charge in [0.05, 0.1) is 23.8 Å². The summed E-state index contributed by atoms with van der Waals surface area (Å²) in [4.78, 5) is 2.03. The largest absolute Gasteiger partial charge is 0.490 e. The van der Waals surface area contributed by atoms with Gasteiger partial charge in [-0.05, 0) is 38.1 Å². The maximum absolute atomic E-state index is 14.0. The summed E-state index contributed by atoms with van der Waals surface area (Å²) in [6, 6.07) is 11.2. The predicted molar refractivity (Wildman–Crippen MR) is 106 cm³/mol. The molecule has 28 heavy (non-hydrogen) atoms. The van der Waals surface area contributed by atoms with Crippen LogP contribution < -0.4 is 14.4 Å². The van der Waals surface area contributed by atoms with E-state index in [-0.39, 0.29) is 23.8 Å². The first-order valence-electron chi connectivity index (χ1n) is 9.36. The Morgan fingerprint density at radius 1 is 0.929 bits per heavy atom. The number of hydrogen-bond donors (Lipinski definition) is 0. The molecular formula is C20H25FN2O4S. The molecule has 0 unspecified atom stereocenters. The molecule has 0 saturated carbocycles. The van der Waals surface area contributed by atoms with Crippen molar-refractivity contribution in [2.45, 2.75) is 18.7 Å². The van der Waals surface area contributed by atoms with Gasteiger partial charge in [-0.25, -0.2) is 12.8 Å². The second-order valence-corrected chi connectivity index (χ2v) is 8.26. The number of piperazine rings is 1. The molecule has 0 bridgehead atoms. The maximum Gasteiger partial charge on any atom is 0.243 e. The van der Waals surface area contributed by atoms with E-state index in [0.717, 1.165) is 0 Å². The van der Waals surface area contributed by atoms with E-state index in [9.17, 15) is 12.8 Å². The molecule has 1 heterocycles. The van der Waals surface area contributed by atoms with Crippen LogP contribution in [0.4, 0.5) is 10.1 Å². The minimum Gasteiger partial charge on any atom is -0.490 e. The fourth-order valence-electron chi connectivity index (χ4n) is 3.22. The highest BCUT2D eigenvalue weighted by Crippen LogP contribution is 2.32. The quantitative estimate of drug-likeness (QED) is 0.705. The van der Waals surface area contributed by atoms with Gasteiger partial charge in [0.25, 0.3) is 0 Å². The second kappa shape index (κ2) is 8.79. The van der Waals surface area contributed by atoms with Crippen LogP contribution in [0.1, 0.15) is 13.8 Å². The van der Waals surface area contributed by atoms with Crippen molar-refractivity contribution in [2.24, 2.45) is 0 Å². The second-order valence-electron chi connectivity index (χ2n) is 6.32. The highest BCUT2D eigenvalue weighted by atomic mass is 32.2. The van der Waals surface area contributed by atoms with E-state index in [0.29, 0.717) is 43.5 Å². The van der Waals surface area contributed by atoms with Crippen LogP contribution in [-0.2, 0) is 10.0 Å². The summed E-state index contributed by atoms with van der Waals surface area (Å²) in [7, 11) is -3.67. The van der Waals surface area contributed by atoms with Crippen molar-refractivity contribution in [3.8, 4) is 11.5 Å². The smallest absolute Gasteiger partial charge is 0.243 e. The van der Waals surface area contributed by atoms with Crippen LogP contribution in [0.2, 0.25) is 0 Å². The van der Waals surface area contributed by atoms with Gasteiger partial charge >= 0.3 is 0 Å². The van der Waals surface area contributed by atoms with Gasteiger partial charge in [0, 0.05) is 32.2 Å². The lowest BCUT2D eigenvalue weighted by Gasteiger charge is -2.35. The highest BCUT2D eigenvalue weighted by Gasteiger charge is 2.30. The van der Waals surface area contributed by atoms with Gasteiger partial charge in [-0.2, -0.15) is 4.31 Å². The number of rotatable bonds is 7. The zero-order chi connectivity index (χ0) is 20.1. The molecule has 2 aromatic rings. The Morgan fingerprint density at radius 2 is 1.57 bits per heavy atom. The molecule has 0 aromatic heterocycles. The van der Waals surface area contributed by atoms with Crippen LogP contribution >= 0.6 is 0 Å². The molecule has 0 atom stereocenters. The van der Waals surface area contributed by atoms with Crippen molar-refractivity contribution in [1.29, 1.82) is 0 Å². The monoisotopic (exact) mass is 408 g/mol. The van der Waals surface area contributed by atoms with Gasteiger partial charge in [0.2, 0.25) is 10.0 Å². The summed E-state index contributed by atoms with van der Waals surface area (Å²) in [5, 5.41) is 0. The van der Waals surface area contributed by atoms with Crippen molar-refractivity contribution in [2.75, 3.05) is 44.3 Å². The zero-order valence-corrected chi connectivity index (χ0v) is 16.9. The third-order valence-electron chi connectivity index (χ3n) is 4.58. The van der Waals surface area contributed by atoms with Crippen LogP contribution in [-0.4, -0.2) is 52.1 Å². The zero-order valence-electron chi connectivity index (χ0n) is 16.1. The number of nitrogens with zero attached hydrogens (tertiary/aromatic N) is 2. The van der Waals surface area contributed by atoms with E-state index in [1.807, 2.05) is 18.7 Å². The van der Waals surface area contributed by atoms with Crippen LogP contribution in [0.25, 0.3) is 0 Å². The van der Waals surface area contributed by atoms with E-state index >= 15 is 0 Å². The van der Waals surface area contributed by atoms with Gasteiger partial charge in [-0.1, -0.05) is 12.1 Å². The number of sulfonamides is 1. The van der Waals surface area contributed by atoms with Crippen LogP contribution in [0.15, 0.2) is 47.4 Å². The van der Waals surface area contributed by atoms with Crippen LogP contribution in [0.3, 0.4) is 0 Å². The average Bonchev–Trinajstić information content (AvgIpc) is 2.70. The molecule has 0 aliphatic carbocycles. The molecule has 152 valence electrons. The summed E-state index contributed by atoms with van der Waals surface area (Å²) in [6.45, 7) is 5.98. The first-order chi connectivity index (χ1) is 13.5. The van der Waals surface area contributed by atoms with E-state index in [4.69, 9.17) is 9.47 Å². The lowest BCUT2D eigenvalue weighted by Crippen LogP contribution is -2.48. The Hall–Kier alpha value is -2.32. The normalized spacial score (nSPS) is 15.5. The summed E-state index contributed by atoms with van der Waals surface area (Å²) in [6.07, 6.45) is 0. The van der Waals surface area contributed by atoms with Crippen molar-refractivity contribution < 1.29 is 22.3 Å². The van der Waals surface area contributed by atoms with Crippen molar-refractivity contribution >= 4 is 15.7 Å². The van der Waals surface area contributed by atoms with E-state index in [2.05, 4.69) is 0 Å². The molecule has 1 fully saturated rings. The van der Waals surface area contributed by atoms with Crippen LogP contribution in [0, 0.1) is 5.82 Å². The van der Waals surface area contributed by atoms with E-state index < -0.39 is 10.0 Å². The van der Waals surface area contributed by atoms with Gasteiger partial charge < -0.3 is 14.4 Å². The highest BCUT2D eigenvalue weighted by molar-refractivity contribution is 7.89. The van der Waals surface area contributed by atoms with Gasteiger partial charge in [-0.3, -0.25) is 0 Å². The molecule has 1 aliphatic rings. The number of benzene rings is 2. The molecule has 0 amide bonds. The lowest BCUT2D eigenvalue weighted by molar-refractivity contribution is 0.287. The average molecular weight is 408 g/mol. The number of para-hydroxylation sites is 1. The molecule has 6 nitrogen and oxygen atoms in total. The fraction of sp³-hybridized carbons (Fsp3) is 0.400. The predicted octanol–water partition coefficient (Wildman–Crippen LogP) is 3.13. The summed E-state index contributed by atoms with van der Waals surface area (Å²) < 4.78 is 52.6. The number of ether oxygens (including phenoxy) is 2. The number of hydrogen-bond acceptors (Lipinski definition) is 5. The molecule has 1 saturated heterocycles. The minimum absolute atomic E-state index is 0.166. The molecule has 8 heteroatoms. The topological polar surface area (TPSA) is 59.1 Å². The van der Waals surface area contributed by atoms with Gasteiger partial charge in [0.15, 0.2) is 11.5 Å². The summed E-state index contributed by atoms with van der Waals surface area (Å²) in [5.41, 5.74) is 0.499. The molecule has 0 spiro atoms. The SMILES string of the molecule is CCOc1ccc(S(=O)(=O)N2CCN(c3ccccc3F)CC2)cc1OCC. The van der Waals surface area contributed by atoms with E-state index in [1.165, 1.54) is 22.5 Å². The van der Waals surface area contributed by atoms with E-state index in [1.54, 1.807) is 24.3 Å². The van der Waals surface area contributed by atoms with Crippen molar-refractivity contribution in [3.63, 3.8) is 0 Å². The molecule has 3 rings (SSSR count). The lowest BCUT2D eigenvalue weighted by atomic mass is 10.2. The molecule has 0 radical (unpaired) electrons. The van der Waals surface area contributed by atoms with Crippen LogP contribution in [0.5, 0.6) is 11.5 Å². The summed E-state index contributed by atoms with van der Waals surface area (Å²) >= 11 is 0. The fourth-order valence-corrected chi connectivity index (χ4v) is 4.66. The minimum atomic E-state index is -3.67. The third-order valence-corrected chi connectivity index (χ3v) is 6.48. The maximum atomic E-state index is 14.0. The first-order valence-corrected chi connectivity index (χ1v) is 10.8. The van der Waals surface area contributed by atoms with Gasteiger partial charge in [-0.15, -0.1) is 0 Å². The van der Waals surface area contributed by atoms with Gasteiger partial charge in [0.1, 0.15) is 5.82 Å². The van der Waals surface area contributed by atoms with Crippen molar-refractivity contribution in [3.05, 3.63) is 48.3 Å². The van der Waals surface area contributed by atoms with Crippen molar-refractivity contribution in [1.82, 2.24) is 4.31 Å². The Kier molecular flexibility index (Phi) is 6.41. The third kappa shape index (κ3) is 4.23. The summed E-state index contributed by atoms with van der Waals surface area (Å²) in [5.74, 6) is 0.634. The Bertz CT molecular complexity index is 912. The molecule has 1 aliphatic heterocycles. The number of anilines is 1. The molecule has 2 aromatic carbocycles. The first kappa shape index (κ1) is 20.4.